The van der Waals surface area contributed by atoms with Crippen molar-refractivity contribution in [2.24, 2.45) is 5.11 Å². The Morgan fingerprint density at radius 2 is 2.36 bits per heavy atom. The summed E-state index contributed by atoms with van der Waals surface area (Å²) < 4.78 is 0. The number of hydrogen-bond acceptors (Lipinski definition) is 2. The standard InChI is InChI=1S/C5H8N4O2/c6-9-8-4-1-3(2-4)7-5(10)11/h3-4,7H,1-2H2,(H,10,11)/t3-,4+. The zero-order valence-electron chi connectivity index (χ0n) is 5.77. The van der Waals surface area contributed by atoms with E-state index in [0.717, 1.165) is 0 Å². The molecular formula is C5H8N4O2. The minimum Gasteiger partial charge on any atom is -0.465 e. The van der Waals surface area contributed by atoms with E-state index in [1.165, 1.54) is 0 Å². The molecule has 0 heterocycles. The van der Waals surface area contributed by atoms with Gasteiger partial charge in [0.15, 0.2) is 0 Å². The predicted octanol–water partition coefficient (Wildman–Crippen LogP) is 1.10. The van der Waals surface area contributed by atoms with Gasteiger partial charge in [0.25, 0.3) is 0 Å². The second kappa shape index (κ2) is 3.12. The molecule has 11 heavy (non-hydrogen) atoms. The molecule has 0 aromatic carbocycles. The van der Waals surface area contributed by atoms with Gasteiger partial charge in [0, 0.05) is 17.0 Å². The van der Waals surface area contributed by atoms with E-state index in [0.29, 0.717) is 12.8 Å². The highest BCUT2D eigenvalue weighted by atomic mass is 16.4. The van der Waals surface area contributed by atoms with Crippen LogP contribution in [-0.4, -0.2) is 23.3 Å². The lowest BCUT2D eigenvalue weighted by atomic mass is 9.88. The van der Waals surface area contributed by atoms with Crippen LogP contribution < -0.4 is 5.32 Å². The Kier molecular flexibility index (Phi) is 2.18. The van der Waals surface area contributed by atoms with Gasteiger partial charge in [0.2, 0.25) is 0 Å². The Morgan fingerprint density at radius 3 is 2.82 bits per heavy atom. The molecule has 0 spiro atoms. The molecule has 1 aliphatic carbocycles. The van der Waals surface area contributed by atoms with Crippen molar-refractivity contribution in [3.63, 3.8) is 0 Å². The van der Waals surface area contributed by atoms with E-state index < -0.39 is 6.09 Å². The van der Waals surface area contributed by atoms with Gasteiger partial charge in [-0.05, 0) is 18.4 Å². The SMILES string of the molecule is [N-]=[N+]=N[C@H]1C[C@@H](NC(=O)O)C1. The first-order chi connectivity index (χ1) is 5.22. The number of carbonyl (C=O) groups is 1. The van der Waals surface area contributed by atoms with E-state index in [1.807, 2.05) is 0 Å². The summed E-state index contributed by atoms with van der Waals surface area (Å²) in [5.41, 5.74) is 7.99. The van der Waals surface area contributed by atoms with Crippen molar-refractivity contribution in [1.82, 2.24) is 5.32 Å². The Balaban J connectivity index is 2.19. The van der Waals surface area contributed by atoms with Gasteiger partial charge in [-0.15, -0.1) is 0 Å². The van der Waals surface area contributed by atoms with Crippen LogP contribution in [-0.2, 0) is 0 Å². The Bertz CT molecular complexity index is 205. The number of rotatable bonds is 2. The van der Waals surface area contributed by atoms with Crippen LogP contribution in [0.25, 0.3) is 10.4 Å². The molecule has 1 aliphatic rings. The lowest BCUT2D eigenvalue weighted by molar-refractivity contribution is 0.178. The Hall–Kier alpha value is -1.42. The molecule has 0 saturated heterocycles. The molecule has 1 rings (SSSR count). The topological polar surface area (TPSA) is 98.1 Å². The van der Waals surface area contributed by atoms with Crippen LogP contribution in [0.4, 0.5) is 4.79 Å². The highest BCUT2D eigenvalue weighted by Crippen LogP contribution is 2.23. The molecule has 0 unspecified atom stereocenters. The van der Waals surface area contributed by atoms with E-state index in [1.54, 1.807) is 0 Å². The van der Waals surface area contributed by atoms with E-state index in [9.17, 15) is 4.79 Å². The van der Waals surface area contributed by atoms with Gasteiger partial charge >= 0.3 is 6.09 Å². The van der Waals surface area contributed by atoms with Crippen LogP contribution in [0.2, 0.25) is 0 Å². The molecule has 1 saturated carbocycles. The summed E-state index contributed by atoms with van der Waals surface area (Å²) in [6, 6.07) is -0.0418. The molecule has 0 aromatic heterocycles. The van der Waals surface area contributed by atoms with Crippen LogP contribution in [0.1, 0.15) is 12.8 Å². The van der Waals surface area contributed by atoms with Crippen molar-refractivity contribution >= 4 is 6.09 Å². The van der Waals surface area contributed by atoms with E-state index in [4.69, 9.17) is 10.6 Å². The average molecular weight is 156 g/mol. The monoisotopic (exact) mass is 156 g/mol. The van der Waals surface area contributed by atoms with E-state index in [-0.39, 0.29) is 12.1 Å². The van der Waals surface area contributed by atoms with Gasteiger partial charge in [-0.2, -0.15) is 0 Å². The molecule has 60 valence electrons. The maximum Gasteiger partial charge on any atom is 0.404 e. The van der Waals surface area contributed by atoms with Gasteiger partial charge in [-0.25, -0.2) is 4.79 Å². The average Bonchev–Trinajstić information content (AvgIpc) is 1.82. The maximum absolute atomic E-state index is 10.1. The second-order valence-electron chi connectivity index (χ2n) is 2.48. The zero-order valence-corrected chi connectivity index (χ0v) is 5.77. The number of azide groups is 1. The summed E-state index contributed by atoms with van der Waals surface area (Å²) in [6.45, 7) is 0. The quantitative estimate of drug-likeness (QED) is 0.355. The van der Waals surface area contributed by atoms with Crippen LogP contribution in [0.15, 0.2) is 5.11 Å². The van der Waals surface area contributed by atoms with Crippen LogP contribution >= 0.6 is 0 Å². The van der Waals surface area contributed by atoms with Gasteiger partial charge in [-0.3, -0.25) is 0 Å². The number of nitrogens with zero attached hydrogens (tertiary/aromatic N) is 3. The Labute approximate surface area is 62.8 Å². The summed E-state index contributed by atoms with van der Waals surface area (Å²) in [5, 5.41) is 14.0. The fourth-order valence-corrected chi connectivity index (χ4v) is 1.05. The van der Waals surface area contributed by atoms with Crippen LogP contribution in [0.5, 0.6) is 0 Å². The minimum absolute atomic E-state index is 0.0168. The van der Waals surface area contributed by atoms with Crippen LogP contribution in [0.3, 0.4) is 0 Å². The third-order valence-corrected chi connectivity index (χ3v) is 1.66. The summed E-state index contributed by atoms with van der Waals surface area (Å²) in [5.74, 6) is 0. The normalized spacial score (nSPS) is 28.0. The molecule has 0 aliphatic heterocycles. The molecule has 6 nitrogen and oxygen atoms in total. The third kappa shape index (κ3) is 2.01. The van der Waals surface area contributed by atoms with Gasteiger partial charge < -0.3 is 10.4 Å². The van der Waals surface area contributed by atoms with Gasteiger partial charge in [0.1, 0.15) is 0 Å². The summed E-state index contributed by atoms with van der Waals surface area (Å²) >= 11 is 0. The molecule has 1 fully saturated rings. The Morgan fingerprint density at radius 1 is 1.73 bits per heavy atom. The van der Waals surface area contributed by atoms with Crippen molar-refractivity contribution in [3.8, 4) is 0 Å². The molecule has 0 aromatic rings. The van der Waals surface area contributed by atoms with Crippen LogP contribution in [0, 0.1) is 0 Å². The first kappa shape index (κ1) is 7.68. The van der Waals surface area contributed by atoms with Crippen molar-refractivity contribution in [2.45, 2.75) is 24.9 Å². The smallest absolute Gasteiger partial charge is 0.404 e. The van der Waals surface area contributed by atoms with Gasteiger partial charge in [-0.1, -0.05) is 5.11 Å². The lowest BCUT2D eigenvalue weighted by Gasteiger charge is -2.31. The number of carboxylic acid groups (broad SMARTS) is 1. The molecule has 0 radical (unpaired) electrons. The fraction of sp³-hybridized carbons (Fsp3) is 0.800. The van der Waals surface area contributed by atoms with Gasteiger partial charge in [0.05, 0.1) is 0 Å². The second-order valence-corrected chi connectivity index (χ2v) is 2.48. The molecule has 0 atom stereocenters. The van der Waals surface area contributed by atoms with Crippen molar-refractivity contribution in [2.75, 3.05) is 0 Å². The predicted molar refractivity (Wildman–Crippen MR) is 37.1 cm³/mol. The molecule has 2 N–H and O–H groups in total. The molecule has 0 bridgehead atoms. The fourth-order valence-electron chi connectivity index (χ4n) is 1.05. The number of hydrogen-bond donors (Lipinski definition) is 2. The summed E-state index contributed by atoms with van der Waals surface area (Å²) in [7, 11) is 0. The highest BCUT2D eigenvalue weighted by molar-refractivity contribution is 5.65. The van der Waals surface area contributed by atoms with Crippen molar-refractivity contribution < 1.29 is 9.90 Å². The van der Waals surface area contributed by atoms with Crippen molar-refractivity contribution in [1.29, 1.82) is 0 Å². The third-order valence-electron chi connectivity index (χ3n) is 1.66. The lowest BCUT2D eigenvalue weighted by Crippen LogP contribution is -2.45. The molecular weight excluding hydrogens is 148 g/mol. The maximum atomic E-state index is 10.1. The minimum atomic E-state index is -1.02. The first-order valence-electron chi connectivity index (χ1n) is 3.26. The van der Waals surface area contributed by atoms with Crippen molar-refractivity contribution in [3.05, 3.63) is 10.4 Å². The molecule has 6 heteroatoms. The highest BCUT2D eigenvalue weighted by Gasteiger charge is 2.28. The number of amides is 1. The largest absolute Gasteiger partial charge is 0.465 e. The van der Waals surface area contributed by atoms with E-state index >= 15 is 0 Å². The summed E-state index contributed by atoms with van der Waals surface area (Å²) in [6.07, 6.45) is 0.224. The number of nitrogens with one attached hydrogen (secondary N) is 1. The summed E-state index contributed by atoms with van der Waals surface area (Å²) in [4.78, 5) is 12.7. The zero-order chi connectivity index (χ0) is 8.27. The molecule has 1 amide bonds. The van der Waals surface area contributed by atoms with E-state index in [2.05, 4.69) is 15.3 Å². The first-order valence-corrected chi connectivity index (χ1v) is 3.26.